The molecule has 22 heavy (non-hydrogen) atoms. The van der Waals surface area contributed by atoms with Crippen molar-refractivity contribution in [2.75, 3.05) is 17.2 Å². The molecule has 2 aromatic rings. The number of hydrogen-bond acceptors (Lipinski definition) is 2. The zero-order valence-electron chi connectivity index (χ0n) is 12.5. The second kappa shape index (κ2) is 7.52. The second-order valence-corrected chi connectivity index (χ2v) is 6.07. The molecule has 0 aromatic heterocycles. The molecular formula is C17H18Cl2N2O. The molecular weight excluding hydrogens is 319 g/mol. The van der Waals surface area contributed by atoms with Crippen LogP contribution in [0.25, 0.3) is 0 Å². The molecule has 0 aliphatic rings. The van der Waals surface area contributed by atoms with Crippen LogP contribution in [-0.2, 0) is 4.79 Å². The molecule has 2 N–H and O–H groups in total. The van der Waals surface area contributed by atoms with Crippen molar-refractivity contribution in [2.45, 2.75) is 20.3 Å². The van der Waals surface area contributed by atoms with Crippen LogP contribution in [-0.4, -0.2) is 12.5 Å². The van der Waals surface area contributed by atoms with E-state index < -0.39 is 0 Å². The van der Waals surface area contributed by atoms with Crippen molar-refractivity contribution in [3.63, 3.8) is 0 Å². The molecule has 0 heterocycles. The summed E-state index contributed by atoms with van der Waals surface area (Å²) in [5.41, 5.74) is 3.98. The fourth-order valence-corrected chi connectivity index (χ4v) is 2.66. The smallest absolute Gasteiger partial charge is 0.226 e. The molecule has 2 aromatic carbocycles. The molecule has 3 nitrogen and oxygen atoms in total. The first-order valence-corrected chi connectivity index (χ1v) is 7.77. The van der Waals surface area contributed by atoms with E-state index in [1.54, 1.807) is 18.2 Å². The van der Waals surface area contributed by atoms with E-state index in [0.717, 1.165) is 5.69 Å². The van der Waals surface area contributed by atoms with Crippen LogP contribution in [0.5, 0.6) is 0 Å². The Kier molecular flexibility index (Phi) is 5.69. The highest BCUT2D eigenvalue weighted by atomic mass is 35.5. The number of amides is 1. The lowest BCUT2D eigenvalue weighted by Gasteiger charge is -2.10. The van der Waals surface area contributed by atoms with Crippen molar-refractivity contribution >= 4 is 40.5 Å². The van der Waals surface area contributed by atoms with Gasteiger partial charge in [0.15, 0.2) is 0 Å². The van der Waals surface area contributed by atoms with Crippen molar-refractivity contribution < 1.29 is 4.79 Å². The summed E-state index contributed by atoms with van der Waals surface area (Å²) in [5, 5.41) is 7.00. The molecule has 0 saturated carbocycles. The fraction of sp³-hybridized carbons (Fsp3) is 0.235. The maximum absolute atomic E-state index is 11.9. The van der Waals surface area contributed by atoms with Crippen molar-refractivity contribution in [1.29, 1.82) is 0 Å². The van der Waals surface area contributed by atoms with Crippen LogP contribution in [0.15, 0.2) is 36.4 Å². The Bertz CT molecular complexity index is 666. The van der Waals surface area contributed by atoms with Crippen molar-refractivity contribution in [2.24, 2.45) is 0 Å². The highest BCUT2D eigenvalue weighted by molar-refractivity contribution is 6.36. The van der Waals surface area contributed by atoms with Gasteiger partial charge in [-0.3, -0.25) is 4.79 Å². The highest BCUT2D eigenvalue weighted by Crippen LogP contribution is 2.25. The van der Waals surface area contributed by atoms with Crippen LogP contribution >= 0.6 is 23.2 Å². The van der Waals surface area contributed by atoms with Crippen LogP contribution in [0.1, 0.15) is 17.5 Å². The number of benzene rings is 2. The van der Waals surface area contributed by atoms with E-state index >= 15 is 0 Å². The van der Waals surface area contributed by atoms with E-state index in [1.807, 2.05) is 13.8 Å². The van der Waals surface area contributed by atoms with E-state index in [9.17, 15) is 4.79 Å². The molecule has 0 bridgehead atoms. The average Bonchev–Trinajstić information content (AvgIpc) is 2.41. The first-order chi connectivity index (χ1) is 10.4. The number of carbonyl (C=O) groups excluding carboxylic acids is 1. The summed E-state index contributed by atoms with van der Waals surface area (Å²) in [5.74, 6) is -0.0962. The summed E-state index contributed by atoms with van der Waals surface area (Å²) < 4.78 is 0. The monoisotopic (exact) mass is 336 g/mol. The van der Waals surface area contributed by atoms with Gasteiger partial charge in [-0.1, -0.05) is 29.3 Å². The Labute approximate surface area is 140 Å². The van der Waals surface area contributed by atoms with Crippen LogP contribution in [0.4, 0.5) is 11.4 Å². The Morgan fingerprint density at radius 3 is 2.36 bits per heavy atom. The molecule has 0 spiro atoms. The third-order valence-corrected chi connectivity index (χ3v) is 3.66. The van der Waals surface area contributed by atoms with E-state index in [0.29, 0.717) is 28.7 Å². The lowest BCUT2D eigenvalue weighted by molar-refractivity contribution is -0.115. The molecule has 0 fully saturated rings. The standard InChI is InChI=1S/C17H18Cl2N2O/c1-11-7-12(2)9-14(8-11)20-6-5-17(22)21-16-4-3-13(18)10-15(16)19/h3-4,7-10,20H,5-6H2,1-2H3,(H,21,22). The first-order valence-electron chi connectivity index (χ1n) is 7.01. The van der Waals surface area contributed by atoms with E-state index in [-0.39, 0.29) is 5.91 Å². The summed E-state index contributed by atoms with van der Waals surface area (Å²) in [7, 11) is 0. The van der Waals surface area contributed by atoms with Gasteiger partial charge in [0.25, 0.3) is 0 Å². The first kappa shape index (κ1) is 16.7. The van der Waals surface area contributed by atoms with Crippen molar-refractivity contribution in [3.8, 4) is 0 Å². The van der Waals surface area contributed by atoms with Gasteiger partial charge < -0.3 is 10.6 Å². The molecule has 5 heteroatoms. The zero-order valence-corrected chi connectivity index (χ0v) is 14.1. The Hall–Kier alpha value is -1.71. The van der Waals surface area contributed by atoms with E-state index in [4.69, 9.17) is 23.2 Å². The van der Waals surface area contributed by atoms with Gasteiger partial charge in [0.05, 0.1) is 10.7 Å². The number of halogens is 2. The normalized spacial score (nSPS) is 10.4. The maximum atomic E-state index is 11.9. The molecule has 0 aliphatic carbocycles. The van der Waals surface area contributed by atoms with Crippen LogP contribution in [0.2, 0.25) is 10.0 Å². The van der Waals surface area contributed by atoms with Gasteiger partial charge in [-0.15, -0.1) is 0 Å². The summed E-state index contributed by atoms with van der Waals surface area (Å²) >= 11 is 11.8. The van der Waals surface area contributed by atoms with Crippen LogP contribution in [0.3, 0.4) is 0 Å². The second-order valence-electron chi connectivity index (χ2n) is 5.23. The third kappa shape index (κ3) is 4.93. The van der Waals surface area contributed by atoms with E-state index in [1.165, 1.54) is 11.1 Å². The summed E-state index contributed by atoms with van der Waals surface area (Å²) in [6.45, 7) is 4.65. The molecule has 0 radical (unpaired) electrons. The fourth-order valence-electron chi connectivity index (χ4n) is 2.20. The Morgan fingerprint density at radius 1 is 1.05 bits per heavy atom. The van der Waals surface area contributed by atoms with Gasteiger partial charge in [-0.2, -0.15) is 0 Å². The van der Waals surface area contributed by atoms with Crippen molar-refractivity contribution in [3.05, 3.63) is 57.6 Å². The Balaban J connectivity index is 1.85. The number of rotatable bonds is 5. The average molecular weight is 337 g/mol. The van der Waals surface area contributed by atoms with Crippen molar-refractivity contribution in [1.82, 2.24) is 0 Å². The van der Waals surface area contributed by atoms with Gasteiger partial charge >= 0.3 is 0 Å². The minimum absolute atomic E-state index is 0.0962. The maximum Gasteiger partial charge on any atom is 0.226 e. The van der Waals surface area contributed by atoms with Gasteiger partial charge in [0.1, 0.15) is 0 Å². The quantitative estimate of drug-likeness (QED) is 0.801. The number of carbonyl (C=O) groups is 1. The lowest BCUT2D eigenvalue weighted by Crippen LogP contribution is -2.16. The largest absolute Gasteiger partial charge is 0.385 e. The molecule has 0 atom stereocenters. The number of aryl methyl sites for hydroxylation is 2. The minimum Gasteiger partial charge on any atom is -0.385 e. The summed E-state index contributed by atoms with van der Waals surface area (Å²) in [6.07, 6.45) is 0.353. The molecule has 1 amide bonds. The summed E-state index contributed by atoms with van der Waals surface area (Å²) in [6, 6.07) is 11.2. The van der Waals surface area contributed by atoms with Gasteiger partial charge in [-0.05, 0) is 55.3 Å². The molecule has 116 valence electrons. The molecule has 2 rings (SSSR count). The molecule has 0 saturated heterocycles. The topological polar surface area (TPSA) is 41.1 Å². The minimum atomic E-state index is -0.0962. The Morgan fingerprint density at radius 2 is 1.73 bits per heavy atom. The predicted octanol–water partition coefficient (Wildman–Crippen LogP) is 5.05. The van der Waals surface area contributed by atoms with E-state index in [2.05, 4.69) is 28.8 Å². The summed E-state index contributed by atoms with van der Waals surface area (Å²) in [4.78, 5) is 11.9. The molecule has 0 unspecified atom stereocenters. The van der Waals surface area contributed by atoms with Gasteiger partial charge in [0, 0.05) is 23.7 Å². The highest BCUT2D eigenvalue weighted by Gasteiger charge is 2.06. The zero-order chi connectivity index (χ0) is 16.1. The third-order valence-electron chi connectivity index (χ3n) is 3.11. The van der Waals surface area contributed by atoms with Gasteiger partial charge in [0.2, 0.25) is 5.91 Å². The SMILES string of the molecule is Cc1cc(C)cc(NCCC(=O)Nc2ccc(Cl)cc2Cl)c1. The van der Waals surface area contributed by atoms with Gasteiger partial charge in [-0.25, -0.2) is 0 Å². The van der Waals surface area contributed by atoms with Crippen LogP contribution in [0, 0.1) is 13.8 Å². The number of hydrogen-bond donors (Lipinski definition) is 2. The number of anilines is 2. The van der Waals surface area contributed by atoms with Crippen LogP contribution < -0.4 is 10.6 Å². The number of nitrogens with one attached hydrogen (secondary N) is 2. The predicted molar refractivity (Wildman–Crippen MR) is 94.1 cm³/mol. The molecule has 0 aliphatic heterocycles. The lowest BCUT2D eigenvalue weighted by atomic mass is 10.1.